The number of likely N-dealkylation sites (tertiary alicyclic amines) is 2. The predicted octanol–water partition coefficient (Wildman–Crippen LogP) is 6.49. The summed E-state index contributed by atoms with van der Waals surface area (Å²) in [5.74, 6) is 3.13. The number of hydrogen-bond donors (Lipinski definition) is 1. The van der Waals surface area contributed by atoms with Gasteiger partial charge in [0.25, 0.3) is 11.1 Å². The first-order valence-corrected chi connectivity index (χ1v) is 24.4. The van der Waals surface area contributed by atoms with Crippen LogP contribution in [0.25, 0.3) is 22.1 Å². The van der Waals surface area contributed by atoms with E-state index in [-0.39, 0.29) is 23.3 Å². The molecular weight excluding hydrogens is 877 g/mol. The molecule has 69 heavy (non-hydrogen) atoms. The molecule has 4 aliphatic rings. The third-order valence-electron chi connectivity index (χ3n) is 13.2. The lowest BCUT2D eigenvalue weighted by Crippen LogP contribution is -2.49. The molecule has 10 rings (SSSR count). The fraction of sp³-hybridized carbons (Fsp3) is 0.453. The van der Waals surface area contributed by atoms with Gasteiger partial charge in [-0.15, -0.1) is 0 Å². The topological polar surface area (TPSA) is 155 Å². The van der Waals surface area contributed by atoms with Crippen molar-refractivity contribution in [2.45, 2.75) is 90.3 Å². The molecule has 4 aliphatic heterocycles. The van der Waals surface area contributed by atoms with Gasteiger partial charge in [-0.05, 0) is 119 Å². The normalized spacial score (nSPS) is 16.7. The highest BCUT2D eigenvalue weighted by molar-refractivity contribution is 5.75. The number of piperidine rings is 2. The van der Waals surface area contributed by atoms with E-state index in [1.807, 2.05) is 103 Å². The van der Waals surface area contributed by atoms with E-state index >= 15 is 0 Å². The van der Waals surface area contributed by atoms with E-state index in [0.717, 1.165) is 116 Å². The number of aromatic nitrogens is 4. The summed E-state index contributed by atoms with van der Waals surface area (Å²) >= 11 is 0. The summed E-state index contributed by atoms with van der Waals surface area (Å²) in [4.78, 5) is 53.3. The van der Waals surface area contributed by atoms with Crippen LogP contribution in [0.15, 0.2) is 107 Å². The zero-order valence-electron chi connectivity index (χ0n) is 40.0. The lowest BCUT2D eigenvalue weighted by molar-refractivity contribution is 0.00562. The molecule has 0 unspecified atom stereocenters. The quantitative estimate of drug-likeness (QED) is 0.142. The first-order chi connectivity index (χ1) is 33.5. The van der Waals surface area contributed by atoms with Crippen LogP contribution in [0.4, 0.5) is 4.79 Å². The van der Waals surface area contributed by atoms with Crippen LogP contribution < -0.4 is 35.4 Å². The summed E-state index contributed by atoms with van der Waals surface area (Å²) in [5.41, 5.74) is 4.94. The van der Waals surface area contributed by atoms with Crippen LogP contribution in [0.1, 0.15) is 57.6 Å². The highest BCUT2D eigenvalue weighted by Gasteiger charge is 2.32. The molecular formula is C53H64N8O8. The standard InChI is InChI=1S/C29H36N4O5.C24H28N4O3/c1-29(2,3)38-28(35)33(20-21-8-9-25-26(18-21)37-17-16-36-25)22-10-12-31(13-11-22)14-15-32-24-7-5-4-6-23(24)30-19-27(32)34;29-24-17-26-20-3-1-2-4-21(20)28(24)12-11-27-9-7-19(8-10-27)25-16-18-5-6-22-23(15-18)31-14-13-30-22/h4-9,18-19,22H,10-17,20H2,1-3H3;1-6,15,17,19,25H,7-14,16H2. The Hall–Kier alpha value is -6.49. The highest BCUT2D eigenvalue weighted by atomic mass is 16.6. The fourth-order valence-electron chi connectivity index (χ4n) is 9.49. The monoisotopic (exact) mass is 940 g/mol. The van der Waals surface area contributed by atoms with Gasteiger partial charge in [-0.2, -0.15) is 0 Å². The minimum Gasteiger partial charge on any atom is -0.486 e. The Kier molecular flexibility index (Phi) is 15.1. The zero-order valence-corrected chi connectivity index (χ0v) is 40.0. The van der Waals surface area contributed by atoms with Crippen molar-refractivity contribution in [1.82, 2.24) is 39.1 Å². The molecule has 1 N–H and O–H groups in total. The van der Waals surface area contributed by atoms with Gasteiger partial charge in [0.1, 0.15) is 32.0 Å². The minimum absolute atomic E-state index is 0.0327. The minimum atomic E-state index is -0.580. The average molecular weight is 941 g/mol. The smallest absolute Gasteiger partial charge is 0.410 e. The Morgan fingerprint density at radius 3 is 1.65 bits per heavy atom. The number of fused-ring (bicyclic) bond motifs is 4. The number of carbonyl (C=O) groups is 1. The number of benzene rings is 4. The summed E-state index contributed by atoms with van der Waals surface area (Å²) in [7, 11) is 0. The average Bonchev–Trinajstić information content (AvgIpc) is 3.37. The van der Waals surface area contributed by atoms with Crippen molar-refractivity contribution in [2.24, 2.45) is 0 Å². The third-order valence-corrected chi connectivity index (χ3v) is 13.2. The van der Waals surface area contributed by atoms with E-state index in [9.17, 15) is 14.4 Å². The molecule has 0 atom stereocenters. The lowest BCUT2D eigenvalue weighted by atomic mass is 10.0. The molecule has 364 valence electrons. The first-order valence-electron chi connectivity index (χ1n) is 24.4. The van der Waals surface area contributed by atoms with Gasteiger partial charge in [0.05, 0.1) is 34.5 Å². The first kappa shape index (κ1) is 47.6. The molecule has 0 bridgehead atoms. The van der Waals surface area contributed by atoms with Gasteiger partial charge in [-0.1, -0.05) is 36.4 Å². The molecule has 4 aromatic carbocycles. The van der Waals surface area contributed by atoms with Crippen LogP contribution in [0.5, 0.6) is 23.0 Å². The van der Waals surface area contributed by atoms with Gasteiger partial charge < -0.3 is 52.8 Å². The van der Waals surface area contributed by atoms with Crippen LogP contribution in [0.2, 0.25) is 0 Å². The summed E-state index contributed by atoms with van der Waals surface area (Å²) in [6, 6.07) is 28.1. The molecule has 16 nitrogen and oxygen atoms in total. The second-order valence-corrected chi connectivity index (χ2v) is 19.1. The van der Waals surface area contributed by atoms with Crippen LogP contribution in [0, 0.1) is 0 Å². The van der Waals surface area contributed by atoms with Crippen molar-refractivity contribution >= 4 is 28.2 Å². The molecule has 1 amide bonds. The van der Waals surface area contributed by atoms with Gasteiger partial charge in [0.2, 0.25) is 0 Å². The molecule has 0 spiro atoms. The second-order valence-electron chi connectivity index (χ2n) is 19.1. The Labute approximate surface area is 402 Å². The molecule has 0 radical (unpaired) electrons. The zero-order chi connectivity index (χ0) is 47.7. The van der Waals surface area contributed by atoms with E-state index < -0.39 is 5.60 Å². The molecule has 2 aromatic heterocycles. The number of para-hydroxylation sites is 4. The van der Waals surface area contributed by atoms with E-state index in [1.165, 1.54) is 18.0 Å². The molecule has 6 aromatic rings. The van der Waals surface area contributed by atoms with Crippen LogP contribution in [-0.2, 0) is 30.9 Å². The molecule has 2 fully saturated rings. The number of ether oxygens (including phenoxy) is 5. The summed E-state index contributed by atoms with van der Waals surface area (Å²) in [6.07, 6.45) is 6.39. The summed E-state index contributed by atoms with van der Waals surface area (Å²) in [5, 5.41) is 3.69. The van der Waals surface area contributed by atoms with Gasteiger partial charge in [0.15, 0.2) is 23.0 Å². The molecule has 16 heteroatoms. The third kappa shape index (κ3) is 12.2. The van der Waals surface area contributed by atoms with E-state index in [0.29, 0.717) is 57.9 Å². The Morgan fingerprint density at radius 1 is 0.638 bits per heavy atom. The summed E-state index contributed by atoms with van der Waals surface area (Å²) < 4.78 is 32.1. The maximum Gasteiger partial charge on any atom is 0.410 e. The molecule has 0 aliphatic carbocycles. The fourth-order valence-corrected chi connectivity index (χ4v) is 9.49. The van der Waals surface area contributed by atoms with Crippen molar-refractivity contribution in [1.29, 1.82) is 0 Å². The van der Waals surface area contributed by atoms with Gasteiger partial charge in [-0.25, -0.2) is 14.8 Å². The lowest BCUT2D eigenvalue weighted by Gasteiger charge is -2.39. The van der Waals surface area contributed by atoms with Crippen LogP contribution in [-0.4, -0.2) is 123 Å². The number of carbonyl (C=O) groups excluding carboxylic acids is 1. The molecule has 2 saturated heterocycles. The number of amides is 1. The van der Waals surface area contributed by atoms with Crippen molar-refractivity contribution in [3.63, 3.8) is 0 Å². The number of nitrogens with one attached hydrogen (secondary N) is 1. The van der Waals surface area contributed by atoms with Crippen LogP contribution in [0.3, 0.4) is 0 Å². The van der Waals surface area contributed by atoms with Crippen LogP contribution >= 0.6 is 0 Å². The predicted molar refractivity (Wildman–Crippen MR) is 264 cm³/mol. The number of hydrogen-bond acceptors (Lipinski definition) is 13. The van der Waals surface area contributed by atoms with E-state index in [1.54, 1.807) is 4.57 Å². The summed E-state index contributed by atoms with van der Waals surface area (Å²) in [6.45, 7) is 15.9. The van der Waals surface area contributed by atoms with Gasteiger partial charge in [-0.3, -0.25) is 9.59 Å². The Balaban J connectivity index is 0.000000175. The van der Waals surface area contributed by atoms with E-state index in [2.05, 4.69) is 37.2 Å². The Bertz CT molecular complexity index is 2830. The van der Waals surface area contributed by atoms with Gasteiger partial charge in [0, 0.05) is 64.4 Å². The van der Waals surface area contributed by atoms with E-state index in [4.69, 9.17) is 23.7 Å². The Morgan fingerprint density at radius 2 is 1.12 bits per heavy atom. The van der Waals surface area contributed by atoms with Crippen molar-refractivity contribution in [3.8, 4) is 23.0 Å². The number of rotatable bonds is 12. The highest BCUT2D eigenvalue weighted by Crippen LogP contribution is 2.33. The van der Waals surface area contributed by atoms with Crippen molar-refractivity contribution in [2.75, 3.05) is 65.7 Å². The molecule has 0 saturated carbocycles. The maximum atomic E-state index is 13.3. The number of nitrogens with zero attached hydrogens (tertiary/aromatic N) is 7. The molecule has 6 heterocycles. The largest absolute Gasteiger partial charge is 0.486 e. The van der Waals surface area contributed by atoms with Crippen molar-refractivity contribution in [3.05, 3.63) is 129 Å². The van der Waals surface area contributed by atoms with Gasteiger partial charge >= 0.3 is 6.09 Å². The maximum absolute atomic E-state index is 13.3. The second kappa shape index (κ2) is 21.9. The van der Waals surface area contributed by atoms with Crippen molar-refractivity contribution < 1.29 is 28.5 Å². The SMILES string of the molecule is CC(C)(C)OC(=O)N(Cc1ccc2c(c1)OCCO2)C1CCN(CCn2c(=O)cnc3ccccc32)CC1.O=c1cnc2ccccc2n1CCN1CCC(NCc2ccc3c(c2)OCCO3)CC1.